The van der Waals surface area contributed by atoms with Crippen LogP contribution in [-0.2, 0) is 5.92 Å². The molecule has 1 aliphatic rings. The lowest BCUT2D eigenvalue weighted by Crippen LogP contribution is -2.16. The van der Waals surface area contributed by atoms with Gasteiger partial charge in [-0.05, 0) is 11.1 Å². The van der Waals surface area contributed by atoms with Crippen LogP contribution in [0.1, 0.15) is 11.1 Å². The van der Waals surface area contributed by atoms with Crippen molar-refractivity contribution in [1.82, 2.24) is 0 Å². The maximum Gasteiger partial charge on any atom is 0.299 e. The predicted molar refractivity (Wildman–Crippen MR) is 65.7 cm³/mol. The second kappa shape index (κ2) is 3.22. The van der Waals surface area contributed by atoms with Gasteiger partial charge in [0.1, 0.15) is 15.7 Å². The Morgan fingerprint density at radius 2 is 1.18 bits per heavy atom. The molecule has 3 rings (SSSR count). The van der Waals surface area contributed by atoms with E-state index in [9.17, 15) is 8.78 Å². The standard InChI is InChI=1S/C13H6B2F2/c14-7-1-3-9-10-4-2-8(15)6-12(10)13(16,17)11(9)5-7/h1-6H. The zero-order valence-electron chi connectivity index (χ0n) is 8.87. The summed E-state index contributed by atoms with van der Waals surface area (Å²) >= 11 is 0. The van der Waals surface area contributed by atoms with Crippen molar-refractivity contribution in [3.63, 3.8) is 0 Å². The minimum atomic E-state index is -3.02. The molecule has 78 valence electrons. The summed E-state index contributed by atoms with van der Waals surface area (Å²) in [6.07, 6.45) is 0. The largest absolute Gasteiger partial charge is 0.299 e. The van der Waals surface area contributed by atoms with Crippen LogP contribution in [-0.4, -0.2) is 15.7 Å². The summed E-state index contributed by atoms with van der Waals surface area (Å²) in [5, 5.41) is 0. The first-order chi connectivity index (χ1) is 8.00. The van der Waals surface area contributed by atoms with Crippen LogP contribution in [0.25, 0.3) is 11.1 Å². The molecular formula is C13H6B2F2. The first kappa shape index (κ1) is 10.6. The summed E-state index contributed by atoms with van der Waals surface area (Å²) in [6, 6.07) is 9.15. The highest BCUT2D eigenvalue weighted by Gasteiger charge is 2.44. The van der Waals surface area contributed by atoms with Gasteiger partial charge in [0.15, 0.2) is 0 Å². The molecule has 1 aliphatic carbocycles. The average Bonchev–Trinajstić information content (AvgIpc) is 2.49. The summed E-state index contributed by atoms with van der Waals surface area (Å²) < 4.78 is 28.4. The van der Waals surface area contributed by atoms with Gasteiger partial charge in [0.25, 0.3) is 5.92 Å². The number of hydrogen-bond acceptors (Lipinski definition) is 0. The minimum absolute atomic E-state index is 0.0434. The number of rotatable bonds is 0. The monoisotopic (exact) mass is 222 g/mol. The van der Waals surface area contributed by atoms with Crippen LogP contribution in [0.4, 0.5) is 8.78 Å². The van der Waals surface area contributed by atoms with Crippen molar-refractivity contribution in [2.75, 3.05) is 0 Å². The number of hydrogen-bond donors (Lipinski definition) is 0. The van der Waals surface area contributed by atoms with Crippen molar-refractivity contribution in [1.29, 1.82) is 0 Å². The fourth-order valence-electron chi connectivity index (χ4n) is 2.26. The van der Waals surface area contributed by atoms with E-state index >= 15 is 0 Å². The van der Waals surface area contributed by atoms with Gasteiger partial charge in [-0.1, -0.05) is 47.3 Å². The van der Waals surface area contributed by atoms with Crippen molar-refractivity contribution < 1.29 is 8.78 Å². The summed E-state index contributed by atoms with van der Waals surface area (Å²) in [7, 11) is 11.1. The lowest BCUT2D eigenvalue weighted by atomic mass is 9.91. The zero-order chi connectivity index (χ0) is 12.2. The van der Waals surface area contributed by atoms with Crippen molar-refractivity contribution in [3.8, 4) is 11.1 Å². The fourth-order valence-corrected chi connectivity index (χ4v) is 2.26. The summed E-state index contributed by atoms with van der Waals surface area (Å²) in [5.41, 5.74) is 1.64. The number of halogens is 2. The molecule has 0 aromatic heterocycles. The molecule has 0 amide bonds. The van der Waals surface area contributed by atoms with Crippen LogP contribution in [0.15, 0.2) is 36.4 Å². The second-order valence-corrected chi connectivity index (χ2v) is 4.18. The van der Waals surface area contributed by atoms with Crippen LogP contribution in [0.2, 0.25) is 0 Å². The van der Waals surface area contributed by atoms with Gasteiger partial charge >= 0.3 is 0 Å². The van der Waals surface area contributed by atoms with E-state index in [1.54, 1.807) is 24.3 Å². The molecule has 0 saturated carbocycles. The molecular weight excluding hydrogens is 216 g/mol. The highest BCUT2D eigenvalue weighted by molar-refractivity contribution is 6.33. The molecule has 4 heteroatoms. The maximum absolute atomic E-state index is 14.2. The van der Waals surface area contributed by atoms with Crippen molar-refractivity contribution in [2.24, 2.45) is 0 Å². The number of alkyl halides is 2. The van der Waals surface area contributed by atoms with Crippen LogP contribution in [0.5, 0.6) is 0 Å². The molecule has 0 spiro atoms. The first-order valence-electron chi connectivity index (χ1n) is 5.18. The van der Waals surface area contributed by atoms with E-state index in [1.165, 1.54) is 12.1 Å². The molecule has 0 atom stereocenters. The third-order valence-corrected chi connectivity index (χ3v) is 3.05. The summed E-state index contributed by atoms with van der Waals surface area (Å²) in [4.78, 5) is 0. The predicted octanol–water partition coefficient (Wildman–Crippen LogP) is 1.39. The Bertz CT molecular complexity index is 567. The molecule has 0 N–H and O–H groups in total. The Balaban J connectivity index is 2.37. The Labute approximate surface area is 100 Å². The van der Waals surface area contributed by atoms with Crippen LogP contribution in [0.3, 0.4) is 0 Å². The quantitative estimate of drug-likeness (QED) is 0.590. The Morgan fingerprint density at radius 1 is 0.765 bits per heavy atom. The average molecular weight is 222 g/mol. The van der Waals surface area contributed by atoms with Gasteiger partial charge in [-0.2, -0.15) is 8.78 Å². The third kappa shape index (κ3) is 1.36. The number of fused-ring (bicyclic) bond motifs is 3. The Kier molecular flexibility index (Phi) is 2.00. The highest BCUT2D eigenvalue weighted by Crippen LogP contribution is 2.49. The molecule has 0 nitrogen and oxygen atoms in total. The van der Waals surface area contributed by atoms with E-state index in [4.69, 9.17) is 15.7 Å². The molecule has 0 saturated heterocycles. The van der Waals surface area contributed by atoms with E-state index < -0.39 is 5.92 Å². The Hall–Kier alpha value is -1.57. The molecule has 2 aromatic rings. The van der Waals surface area contributed by atoms with Gasteiger partial charge in [-0.15, -0.1) is 0 Å². The molecule has 0 unspecified atom stereocenters. The normalized spacial score (nSPS) is 15.4. The minimum Gasteiger partial charge on any atom is -0.196 e. The van der Waals surface area contributed by atoms with E-state index in [0.29, 0.717) is 22.1 Å². The van der Waals surface area contributed by atoms with E-state index in [-0.39, 0.29) is 11.1 Å². The third-order valence-electron chi connectivity index (χ3n) is 3.05. The van der Waals surface area contributed by atoms with Crippen molar-refractivity contribution in [2.45, 2.75) is 5.92 Å². The zero-order valence-corrected chi connectivity index (χ0v) is 8.87. The lowest BCUT2D eigenvalue weighted by Gasteiger charge is -2.13. The van der Waals surface area contributed by atoms with Crippen molar-refractivity contribution in [3.05, 3.63) is 47.5 Å². The molecule has 4 radical (unpaired) electrons. The Morgan fingerprint density at radius 3 is 1.59 bits per heavy atom. The highest BCUT2D eigenvalue weighted by atomic mass is 19.3. The van der Waals surface area contributed by atoms with Gasteiger partial charge in [-0.25, -0.2) is 0 Å². The fraction of sp³-hybridized carbons (Fsp3) is 0.0769. The molecule has 0 heterocycles. The SMILES string of the molecule is [B]c1ccc2c(c1)C(F)(F)c1cc([B])ccc1-2. The molecule has 0 aliphatic heterocycles. The van der Waals surface area contributed by atoms with Crippen LogP contribution >= 0.6 is 0 Å². The van der Waals surface area contributed by atoms with Gasteiger partial charge in [0.2, 0.25) is 0 Å². The second-order valence-electron chi connectivity index (χ2n) is 4.18. The topological polar surface area (TPSA) is 0 Å². The van der Waals surface area contributed by atoms with E-state index in [1.807, 2.05) is 0 Å². The maximum atomic E-state index is 14.2. The van der Waals surface area contributed by atoms with E-state index in [0.717, 1.165) is 0 Å². The summed E-state index contributed by atoms with van der Waals surface area (Å²) in [5.74, 6) is -3.02. The molecule has 0 fully saturated rings. The van der Waals surface area contributed by atoms with Crippen LogP contribution < -0.4 is 10.9 Å². The molecule has 2 aromatic carbocycles. The summed E-state index contributed by atoms with van der Waals surface area (Å²) in [6.45, 7) is 0. The smallest absolute Gasteiger partial charge is 0.196 e. The van der Waals surface area contributed by atoms with Crippen molar-refractivity contribution >= 4 is 26.6 Å². The van der Waals surface area contributed by atoms with E-state index in [2.05, 4.69) is 0 Å². The first-order valence-corrected chi connectivity index (χ1v) is 5.18. The number of benzene rings is 2. The van der Waals surface area contributed by atoms with Gasteiger partial charge in [0, 0.05) is 11.1 Å². The van der Waals surface area contributed by atoms with Gasteiger partial charge < -0.3 is 0 Å². The van der Waals surface area contributed by atoms with Crippen LogP contribution in [0, 0.1) is 0 Å². The van der Waals surface area contributed by atoms with Gasteiger partial charge in [-0.3, -0.25) is 0 Å². The molecule has 0 bridgehead atoms. The molecule has 17 heavy (non-hydrogen) atoms. The lowest BCUT2D eigenvalue weighted by molar-refractivity contribution is 0.0481. The van der Waals surface area contributed by atoms with Gasteiger partial charge in [0.05, 0.1) is 0 Å².